The van der Waals surface area contributed by atoms with Gasteiger partial charge in [-0.1, -0.05) is 32.6 Å². The number of aryl methyl sites for hydroxylation is 2. The number of rotatable bonds is 6. The Morgan fingerprint density at radius 2 is 1.93 bits per heavy atom. The van der Waals surface area contributed by atoms with Crippen LogP contribution in [0.4, 0.5) is 0 Å². The Hall–Kier alpha value is -0.830. The van der Waals surface area contributed by atoms with Crippen LogP contribution in [0.1, 0.15) is 50.5 Å². The van der Waals surface area contributed by atoms with Crippen LogP contribution in [-0.2, 0) is 6.42 Å². The van der Waals surface area contributed by atoms with Crippen LogP contribution in [0.25, 0.3) is 0 Å². The number of nitrogens with zero attached hydrogens (tertiary/aromatic N) is 1. The molecular weight excluding hydrogens is 176 g/mol. The molecular formula is C11H22N2O. The molecule has 1 heterocycles. The molecule has 0 aliphatic heterocycles. The second kappa shape index (κ2) is 7.56. The minimum Gasteiger partial charge on any atom is -0.412 e. The van der Waals surface area contributed by atoms with Gasteiger partial charge in [0.1, 0.15) is 5.82 Å². The fraction of sp³-hybridized carbons (Fsp3) is 0.727. The Labute approximate surface area is 86.3 Å². The predicted molar refractivity (Wildman–Crippen MR) is 59.4 cm³/mol. The summed E-state index contributed by atoms with van der Waals surface area (Å²) in [6.07, 6.45) is 9.69. The molecule has 0 radical (unpaired) electrons. The van der Waals surface area contributed by atoms with Crippen LogP contribution in [0, 0.1) is 6.92 Å². The third-order valence-corrected chi connectivity index (χ3v) is 2.27. The zero-order valence-corrected chi connectivity index (χ0v) is 9.27. The molecule has 82 valence electrons. The Bertz CT molecular complexity index is 233. The molecule has 3 heteroatoms. The molecule has 0 spiro atoms. The van der Waals surface area contributed by atoms with Crippen molar-refractivity contribution in [2.75, 3.05) is 0 Å². The number of aromatic amines is 1. The highest BCUT2D eigenvalue weighted by atomic mass is 16.0. The Balaban J connectivity index is 0.00000169. The number of unbranched alkanes of at least 4 members (excludes halogenated alkanes) is 4. The summed E-state index contributed by atoms with van der Waals surface area (Å²) in [5, 5.41) is 0. The van der Waals surface area contributed by atoms with E-state index in [0.29, 0.717) is 0 Å². The van der Waals surface area contributed by atoms with Crippen molar-refractivity contribution in [2.24, 2.45) is 0 Å². The van der Waals surface area contributed by atoms with Crippen molar-refractivity contribution in [1.82, 2.24) is 9.97 Å². The maximum atomic E-state index is 4.28. The summed E-state index contributed by atoms with van der Waals surface area (Å²) in [7, 11) is 0. The summed E-state index contributed by atoms with van der Waals surface area (Å²) in [4.78, 5) is 7.53. The Morgan fingerprint density at radius 3 is 2.50 bits per heavy atom. The van der Waals surface area contributed by atoms with Crippen LogP contribution in [0.15, 0.2) is 6.20 Å². The highest BCUT2D eigenvalue weighted by Gasteiger charge is 1.96. The summed E-state index contributed by atoms with van der Waals surface area (Å²) in [5.41, 5.74) is 1.17. The third kappa shape index (κ3) is 5.02. The van der Waals surface area contributed by atoms with Crippen LogP contribution in [0.3, 0.4) is 0 Å². The molecule has 1 rings (SSSR count). The molecule has 14 heavy (non-hydrogen) atoms. The van der Waals surface area contributed by atoms with Gasteiger partial charge in [-0.05, 0) is 13.3 Å². The standard InChI is InChI=1S/C11H20N2.H2O/c1-3-4-5-6-7-8-11-12-9-10(2)13-11;/h9H,3-8H2,1-2H3,(H,12,13);1H2. The molecule has 0 aromatic carbocycles. The number of imidazole rings is 1. The molecule has 1 aromatic heterocycles. The number of H-pyrrole nitrogens is 1. The van der Waals surface area contributed by atoms with E-state index < -0.39 is 0 Å². The molecule has 0 amide bonds. The number of hydrogen-bond acceptors (Lipinski definition) is 1. The molecule has 0 bridgehead atoms. The lowest BCUT2D eigenvalue weighted by Gasteiger charge is -1.97. The molecule has 0 aliphatic carbocycles. The van der Waals surface area contributed by atoms with E-state index in [9.17, 15) is 0 Å². The van der Waals surface area contributed by atoms with Crippen LogP contribution in [-0.4, -0.2) is 15.4 Å². The lowest BCUT2D eigenvalue weighted by atomic mass is 10.1. The van der Waals surface area contributed by atoms with E-state index in [0.717, 1.165) is 12.2 Å². The molecule has 1 aromatic rings. The van der Waals surface area contributed by atoms with Crippen molar-refractivity contribution in [3.63, 3.8) is 0 Å². The molecule has 0 saturated carbocycles. The molecule has 3 nitrogen and oxygen atoms in total. The first kappa shape index (κ1) is 13.2. The molecule has 0 fully saturated rings. The summed E-state index contributed by atoms with van der Waals surface area (Å²) < 4.78 is 0. The van der Waals surface area contributed by atoms with Gasteiger partial charge in [0.05, 0.1) is 0 Å². The van der Waals surface area contributed by atoms with Gasteiger partial charge >= 0.3 is 0 Å². The minimum atomic E-state index is 0. The van der Waals surface area contributed by atoms with Crippen molar-refractivity contribution in [1.29, 1.82) is 0 Å². The summed E-state index contributed by atoms with van der Waals surface area (Å²) in [6, 6.07) is 0. The third-order valence-electron chi connectivity index (χ3n) is 2.27. The SMILES string of the molecule is CCCCCCCc1ncc(C)[nH]1.O. The van der Waals surface area contributed by atoms with Gasteiger partial charge in [0.25, 0.3) is 0 Å². The van der Waals surface area contributed by atoms with Gasteiger partial charge < -0.3 is 10.5 Å². The normalized spacial score (nSPS) is 9.86. The van der Waals surface area contributed by atoms with Gasteiger partial charge in [0.2, 0.25) is 0 Å². The lowest BCUT2D eigenvalue weighted by molar-refractivity contribution is 0.624. The van der Waals surface area contributed by atoms with Gasteiger partial charge in [0.15, 0.2) is 0 Å². The minimum absolute atomic E-state index is 0. The van der Waals surface area contributed by atoms with E-state index in [1.165, 1.54) is 37.8 Å². The van der Waals surface area contributed by atoms with Crippen molar-refractivity contribution < 1.29 is 5.48 Å². The first-order valence-electron chi connectivity index (χ1n) is 5.33. The van der Waals surface area contributed by atoms with Gasteiger partial charge in [-0.15, -0.1) is 0 Å². The average Bonchev–Trinajstić information content (AvgIpc) is 2.51. The molecule has 0 atom stereocenters. The van der Waals surface area contributed by atoms with E-state index in [-0.39, 0.29) is 5.48 Å². The fourth-order valence-electron chi connectivity index (χ4n) is 1.49. The average molecular weight is 198 g/mol. The Kier molecular flexibility index (Phi) is 7.11. The van der Waals surface area contributed by atoms with Crippen molar-refractivity contribution in [3.05, 3.63) is 17.7 Å². The maximum Gasteiger partial charge on any atom is 0.106 e. The number of aromatic nitrogens is 2. The number of nitrogens with one attached hydrogen (secondary N) is 1. The monoisotopic (exact) mass is 198 g/mol. The van der Waals surface area contributed by atoms with Crippen LogP contribution < -0.4 is 0 Å². The topological polar surface area (TPSA) is 60.2 Å². The fourth-order valence-corrected chi connectivity index (χ4v) is 1.49. The van der Waals surface area contributed by atoms with Gasteiger partial charge in [-0.2, -0.15) is 0 Å². The van der Waals surface area contributed by atoms with E-state index in [2.05, 4.69) is 16.9 Å². The zero-order chi connectivity index (χ0) is 9.52. The van der Waals surface area contributed by atoms with Crippen molar-refractivity contribution >= 4 is 0 Å². The van der Waals surface area contributed by atoms with Gasteiger partial charge in [-0.3, -0.25) is 0 Å². The van der Waals surface area contributed by atoms with E-state index in [1.54, 1.807) is 0 Å². The smallest absolute Gasteiger partial charge is 0.106 e. The first-order chi connectivity index (χ1) is 6.33. The zero-order valence-electron chi connectivity index (χ0n) is 9.27. The highest BCUT2D eigenvalue weighted by molar-refractivity contribution is 4.98. The first-order valence-corrected chi connectivity index (χ1v) is 5.33. The van der Waals surface area contributed by atoms with E-state index in [4.69, 9.17) is 0 Å². The number of hydrogen-bond donors (Lipinski definition) is 1. The maximum absolute atomic E-state index is 4.28. The lowest BCUT2D eigenvalue weighted by Crippen LogP contribution is -1.88. The van der Waals surface area contributed by atoms with Crippen molar-refractivity contribution in [3.8, 4) is 0 Å². The largest absolute Gasteiger partial charge is 0.412 e. The highest BCUT2D eigenvalue weighted by Crippen LogP contribution is 2.06. The quantitative estimate of drug-likeness (QED) is 0.701. The van der Waals surface area contributed by atoms with Gasteiger partial charge in [-0.25, -0.2) is 4.98 Å². The Morgan fingerprint density at radius 1 is 1.21 bits per heavy atom. The van der Waals surface area contributed by atoms with E-state index >= 15 is 0 Å². The molecule has 0 unspecified atom stereocenters. The molecule has 3 N–H and O–H groups in total. The van der Waals surface area contributed by atoms with Gasteiger partial charge in [0, 0.05) is 18.3 Å². The summed E-state index contributed by atoms with van der Waals surface area (Å²) in [6.45, 7) is 4.30. The predicted octanol–water partition coefficient (Wildman–Crippen LogP) is 2.41. The summed E-state index contributed by atoms with van der Waals surface area (Å²) >= 11 is 0. The van der Waals surface area contributed by atoms with Crippen LogP contribution in [0.5, 0.6) is 0 Å². The van der Waals surface area contributed by atoms with Crippen molar-refractivity contribution in [2.45, 2.75) is 52.4 Å². The molecule has 0 aliphatic rings. The van der Waals surface area contributed by atoms with Crippen LogP contribution in [0.2, 0.25) is 0 Å². The van der Waals surface area contributed by atoms with Crippen LogP contribution >= 0.6 is 0 Å². The molecule has 0 saturated heterocycles. The second-order valence-electron chi connectivity index (χ2n) is 3.68. The summed E-state index contributed by atoms with van der Waals surface area (Å²) in [5.74, 6) is 1.15. The second-order valence-corrected chi connectivity index (χ2v) is 3.68. The van der Waals surface area contributed by atoms with E-state index in [1.807, 2.05) is 13.1 Å².